The van der Waals surface area contributed by atoms with Crippen LogP contribution >= 0.6 is 8.58 Å². The lowest BCUT2D eigenvalue weighted by molar-refractivity contribution is -0.138. The average molecular weight is 627 g/mol. The van der Waals surface area contributed by atoms with Crippen molar-refractivity contribution < 1.29 is 24.9 Å². The molecule has 0 aliphatic heterocycles. The fourth-order valence-corrected chi connectivity index (χ4v) is 6.74. The fraction of sp³-hybridized carbons (Fsp3) is 0.892. The number of aliphatic hydroxyl groups excluding tert-OH is 2. The van der Waals surface area contributed by atoms with Crippen LogP contribution in [0, 0.1) is 0 Å². The molecule has 0 heterocycles. The van der Waals surface area contributed by atoms with Crippen molar-refractivity contribution in [2.75, 3.05) is 6.61 Å². The van der Waals surface area contributed by atoms with Crippen molar-refractivity contribution in [3.8, 4) is 0 Å². The number of unbranched alkanes of at least 4 members (excludes halogenated alkanes) is 23. The van der Waals surface area contributed by atoms with Crippen LogP contribution in [0.4, 0.5) is 0 Å². The minimum absolute atomic E-state index is 0.175. The van der Waals surface area contributed by atoms with Crippen molar-refractivity contribution in [3.63, 3.8) is 0 Å². The summed E-state index contributed by atoms with van der Waals surface area (Å²) >= 11 is 0. The van der Waals surface area contributed by atoms with E-state index < -0.39 is 32.4 Å². The largest absolute Gasteiger partial charge is 0.393 e. The van der Waals surface area contributed by atoms with Gasteiger partial charge in [0.15, 0.2) is 11.3 Å². The SMILES string of the molecule is CCCCCCCC/C=C\CCCCCCCC(=O)PC(O)(CO)C(O)C(=O)CCCCCCCCCCCCCCC. The molecule has 0 aromatic rings. The Labute approximate surface area is 268 Å². The molecular weight excluding hydrogens is 555 g/mol. The van der Waals surface area contributed by atoms with Crippen LogP contribution in [0.1, 0.15) is 194 Å². The van der Waals surface area contributed by atoms with Crippen LogP contribution in [0.2, 0.25) is 0 Å². The molecule has 0 fully saturated rings. The first kappa shape index (κ1) is 42.4. The maximum absolute atomic E-state index is 12.5. The first-order chi connectivity index (χ1) is 20.9. The van der Waals surface area contributed by atoms with Crippen molar-refractivity contribution in [1.82, 2.24) is 0 Å². The molecule has 0 saturated carbocycles. The first-order valence-corrected chi connectivity index (χ1v) is 19.4. The lowest BCUT2D eigenvalue weighted by Crippen LogP contribution is -2.47. The zero-order valence-electron chi connectivity index (χ0n) is 28.4. The molecule has 6 heteroatoms. The molecule has 5 nitrogen and oxygen atoms in total. The zero-order valence-corrected chi connectivity index (χ0v) is 29.4. The van der Waals surface area contributed by atoms with Gasteiger partial charge < -0.3 is 15.3 Å². The van der Waals surface area contributed by atoms with Crippen molar-refractivity contribution in [1.29, 1.82) is 0 Å². The van der Waals surface area contributed by atoms with Gasteiger partial charge in [-0.15, -0.1) is 0 Å². The van der Waals surface area contributed by atoms with Gasteiger partial charge >= 0.3 is 0 Å². The summed E-state index contributed by atoms with van der Waals surface area (Å²) in [5.41, 5.74) is -0.179. The molecule has 0 radical (unpaired) electrons. The Hall–Kier alpha value is -0.610. The smallest absolute Gasteiger partial charge is 0.164 e. The van der Waals surface area contributed by atoms with Gasteiger partial charge in [0.05, 0.1) is 6.61 Å². The monoisotopic (exact) mass is 627 g/mol. The Kier molecular flexibility index (Phi) is 30.9. The Morgan fingerprint density at radius 3 is 1.33 bits per heavy atom. The highest BCUT2D eigenvalue weighted by molar-refractivity contribution is 7.59. The number of hydrogen-bond donors (Lipinski definition) is 3. The molecule has 0 saturated heterocycles. The molecule has 3 unspecified atom stereocenters. The predicted molar refractivity (Wildman–Crippen MR) is 186 cm³/mol. The number of Topliss-reactive ketones (excluding diaryl/α,β-unsaturated/α-hetero) is 1. The van der Waals surface area contributed by atoms with Crippen molar-refractivity contribution in [2.24, 2.45) is 0 Å². The van der Waals surface area contributed by atoms with Gasteiger partial charge in [0.25, 0.3) is 0 Å². The molecule has 3 N–H and O–H groups in total. The molecule has 0 aliphatic rings. The second-order valence-electron chi connectivity index (χ2n) is 12.8. The molecular formula is C37H71O5P. The second-order valence-corrected chi connectivity index (χ2v) is 14.5. The van der Waals surface area contributed by atoms with Crippen molar-refractivity contribution in [3.05, 3.63) is 12.2 Å². The highest BCUT2D eigenvalue weighted by atomic mass is 31.1. The molecule has 3 atom stereocenters. The van der Waals surface area contributed by atoms with Crippen LogP contribution in [0.3, 0.4) is 0 Å². The fourth-order valence-electron chi connectivity index (χ4n) is 5.57. The summed E-state index contributed by atoms with van der Waals surface area (Å²) in [5.74, 6) is -0.471. The van der Waals surface area contributed by atoms with E-state index >= 15 is 0 Å². The maximum Gasteiger partial charge on any atom is 0.164 e. The second kappa shape index (κ2) is 31.4. The molecule has 254 valence electrons. The Morgan fingerprint density at radius 1 is 0.581 bits per heavy atom. The van der Waals surface area contributed by atoms with E-state index in [1.54, 1.807) is 0 Å². The van der Waals surface area contributed by atoms with Gasteiger partial charge in [-0.05, 0) is 47.1 Å². The van der Waals surface area contributed by atoms with Crippen molar-refractivity contribution in [2.45, 2.75) is 205 Å². The number of carbonyl (C=O) groups excluding carboxylic acids is 2. The molecule has 0 spiro atoms. The van der Waals surface area contributed by atoms with E-state index in [1.807, 2.05) is 0 Å². The van der Waals surface area contributed by atoms with E-state index in [2.05, 4.69) is 26.0 Å². The molecule has 0 aliphatic carbocycles. The van der Waals surface area contributed by atoms with Crippen LogP contribution < -0.4 is 0 Å². The number of ketones is 1. The van der Waals surface area contributed by atoms with Crippen molar-refractivity contribution >= 4 is 19.9 Å². The summed E-state index contributed by atoms with van der Waals surface area (Å²) in [6, 6.07) is 0. The molecule has 43 heavy (non-hydrogen) atoms. The lowest BCUT2D eigenvalue weighted by atomic mass is 10.0. The summed E-state index contributed by atoms with van der Waals surface area (Å²) in [5, 5.41) is 28.9. The van der Waals surface area contributed by atoms with Gasteiger partial charge in [-0.3, -0.25) is 9.59 Å². The van der Waals surface area contributed by atoms with E-state index in [0.717, 1.165) is 44.9 Å². The van der Waals surface area contributed by atoms with E-state index in [1.165, 1.54) is 116 Å². The van der Waals surface area contributed by atoms with Crippen LogP contribution in [0.15, 0.2) is 12.2 Å². The standard InChI is InChI=1S/C37H71O5P/c1-3-5-7-9-11-13-15-17-18-20-22-24-26-28-30-32-35(40)43-37(42,33-38)36(41)34(39)31-29-27-25-23-21-19-16-14-12-10-8-6-4-2/h17-18,36,38,41-43H,3-16,19-33H2,1-2H3/b18-17-. The van der Waals surface area contributed by atoms with Gasteiger partial charge in [0.2, 0.25) is 0 Å². The van der Waals surface area contributed by atoms with E-state index in [-0.39, 0.29) is 11.9 Å². The van der Waals surface area contributed by atoms with Gasteiger partial charge in [-0.25, -0.2) is 0 Å². The van der Waals surface area contributed by atoms with Gasteiger partial charge in [-0.1, -0.05) is 154 Å². The number of hydrogen-bond acceptors (Lipinski definition) is 5. The first-order valence-electron chi connectivity index (χ1n) is 18.4. The lowest BCUT2D eigenvalue weighted by Gasteiger charge is -2.29. The maximum atomic E-state index is 12.5. The summed E-state index contributed by atoms with van der Waals surface area (Å²) in [4.78, 5) is 25.0. The summed E-state index contributed by atoms with van der Waals surface area (Å²) in [6.07, 6.45) is 34.6. The Morgan fingerprint density at radius 2 is 0.930 bits per heavy atom. The van der Waals surface area contributed by atoms with E-state index in [4.69, 9.17) is 0 Å². The Balaban J connectivity index is 3.85. The van der Waals surface area contributed by atoms with Gasteiger partial charge in [0.1, 0.15) is 11.4 Å². The topological polar surface area (TPSA) is 94.8 Å². The quantitative estimate of drug-likeness (QED) is 0.0375. The number of allylic oxidation sites excluding steroid dienone is 2. The van der Waals surface area contributed by atoms with Gasteiger partial charge in [-0.2, -0.15) is 0 Å². The normalized spacial score (nSPS) is 14.2. The van der Waals surface area contributed by atoms with Crippen LogP contribution in [0.25, 0.3) is 0 Å². The molecule has 0 rings (SSSR count). The molecule has 0 bridgehead atoms. The average Bonchev–Trinajstić information content (AvgIpc) is 3.00. The zero-order chi connectivity index (χ0) is 31.9. The van der Waals surface area contributed by atoms with Crippen LogP contribution in [0.5, 0.6) is 0 Å². The van der Waals surface area contributed by atoms with Crippen LogP contribution in [-0.2, 0) is 9.59 Å². The molecule has 0 aromatic carbocycles. The van der Waals surface area contributed by atoms with Gasteiger partial charge in [0, 0.05) is 12.8 Å². The van der Waals surface area contributed by atoms with E-state index in [9.17, 15) is 24.9 Å². The molecule has 0 aromatic heterocycles. The highest BCUT2D eigenvalue weighted by Crippen LogP contribution is 2.35. The third kappa shape index (κ3) is 26.3. The molecule has 0 amide bonds. The number of rotatable bonds is 34. The predicted octanol–water partition coefficient (Wildman–Crippen LogP) is 10.3. The third-order valence-electron chi connectivity index (χ3n) is 8.55. The summed E-state index contributed by atoms with van der Waals surface area (Å²) < 4.78 is 0. The number of aliphatic hydroxyl groups is 3. The minimum Gasteiger partial charge on any atom is -0.393 e. The van der Waals surface area contributed by atoms with Crippen LogP contribution in [-0.4, -0.2) is 44.7 Å². The Bertz CT molecular complexity index is 667. The summed E-state index contributed by atoms with van der Waals surface area (Å²) in [7, 11) is -0.675. The van der Waals surface area contributed by atoms with E-state index in [0.29, 0.717) is 12.8 Å². The minimum atomic E-state index is -2.05. The highest BCUT2D eigenvalue weighted by Gasteiger charge is 2.41. The number of carbonyl (C=O) groups is 2. The summed E-state index contributed by atoms with van der Waals surface area (Å²) in [6.45, 7) is 3.72. The third-order valence-corrected chi connectivity index (χ3v) is 9.94.